The zero-order valence-electron chi connectivity index (χ0n) is 26.8. The largest absolute Gasteiger partial charge is 0.385 e. The fraction of sp³-hybridized carbons (Fsp3) is 0.600. The molecule has 1 aliphatic heterocycles. The van der Waals surface area contributed by atoms with E-state index in [4.69, 9.17) is 19.2 Å². The van der Waals surface area contributed by atoms with E-state index in [1.165, 1.54) is 30.5 Å². The smallest absolute Gasteiger partial charge is 0.223 e. The second kappa shape index (κ2) is 22.8. The molecule has 2 rings (SSSR count). The Morgan fingerprint density at radius 3 is 2.86 bits per heavy atom. The number of hydrogen-bond acceptors (Lipinski definition) is 7. The number of likely N-dealkylation sites (N-methyl/N-ethyl adjacent to an activating group) is 1. The molecule has 0 aliphatic carbocycles. The minimum absolute atomic E-state index is 0.524. The highest BCUT2D eigenvalue weighted by Crippen LogP contribution is 2.21. The third-order valence-electron chi connectivity index (χ3n) is 7.19. The maximum Gasteiger partial charge on any atom is 0.223 e. The summed E-state index contributed by atoms with van der Waals surface area (Å²) in [4.78, 5) is 11.7. The van der Waals surface area contributed by atoms with Crippen molar-refractivity contribution in [3.63, 3.8) is 0 Å². The zero-order valence-corrected chi connectivity index (χ0v) is 26.8. The van der Waals surface area contributed by atoms with E-state index in [9.17, 15) is 0 Å². The van der Waals surface area contributed by atoms with Crippen molar-refractivity contribution in [2.45, 2.75) is 72.1 Å². The van der Waals surface area contributed by atoms with Gasteiger partial charge in [-0.05, 0) is 75.5 Å². The highest BCUT2D eigenvalue weighted by atomic mass is 16.5. The summed E-state index contributed by atoms with van der Waals surface area (Å²) in [7, 11) is 1.76. The Balaban J connectivity index is 2.28. The van der Waals surface area contributed by atoms with Gasteiger partial charge in [0.2, 0.25) is 5.95 Å². The van der Waals surface area contributed by atoms with Gasteiger partial charge in [-0.1, -0.05) is 56.2 Å². The molecule has 7 nitrogen and oxygen atoms in total. The van der Waals surface area contributed by atoms with Crippen LogP contribution < -0.4 is 5.32 Å². The van der Waals surface area contributed by atoms with Crippen LogP contribution in [0.3, 0.4) is 0 Å². The summed E-state index contributed by atoms with van der Waals surface area (Å²) in [5, 5.41) is 3.43. The lowest BCUT2D eigenvalue weighted by atomic mass is 10.0. The van der Waals surface area contributed by atoms with Crippen molar-refractivity contribution in [3.05, 3.63) is 72.3 Å². The minimum atomic E-state index is 0.524. The van der Waals surface area contributed by atoms with Gasteiger partial charge in [0, 0.05) is 58.5 Å². The van der Waals surface area contributed by atoms with Crippen LogP contribution in [0.4, 0.5) is 5.95 Å². The number of nitrogens with zero attached hydrogens (tertiary/aromatic N) is 3. The molecule has 1 N–H and O–H groups in total. The van der Waals surface area contributed by atoms with E-state index in [0.29, 0.717) is 18.5 Å². The van der Waals surface area contributed by atoms with Crippen LogP contribution in [0.25, 0.3) is 5.57 Å². The summed E-state index contributed by atoms with van der Waals surface area (Å²) in [6.07, 6.45) is 22.9. The van der Waals surface area contributed by atoms with Gasteiger partial charge in [-0.3, -0.25) is 0 Å². The minimum Gasteiger partial charge on any atom is -0.385 e. The van der Waals surface area contributed by atoms with E-state index in [1.54, 1.807) is 7.11 Å². The first kappa shape index (κ1) is 35.5. The maximum absolute atomic E-state index is 6.35. The Labute approximate surface area is 255 Å². The van der Waals surface area contributed by atoms with E-state index >= 15 is 0 Å². The monoisotopic (exact) mass is 580 g/mol. The van der Waals surface area contributed by atoms with Crippen LogP contribution in [0.5, 0.6) is 0 Å². The molecular formula is C35H56N4O3. The normalized spacial score (nSPS) is 20.4. The second-order valence-electron chi connectivity index (χ2n) is 10.8. The quantitative estimate of drug-likeness (QED) is 0.226. The molecular weight excluding hydrogens is 524 g/mol. The molecule has 0 saturated carbocycles. The number of fused-ring (bicyclic) bond motifs is 2. The third kappa shape index (κ3) is 14.4. The van der Waals surface area contributed by atoms with Crippen molar-refractivity contribution in [2.24, 2.45) is 5.92 Å². The first-order chi connectivity index (χ1) is 20.6. The number of nitrogens with one attached hydrogen (secondary N) is 1. The summed E-state index contributed by atoms with van der Waals surface area (Å²) < 4.78 is 17.6. The lowest BCUT2D eigenvalue weighted by Gasteiger charge is -2.28. The Bertz CT molecular complexity index is 1000. The first-order valence-electron chi connectivity index (χ1n) is 15.9. The van der Waals surface area contributed by atoms with Crippen LogP contribution in [0.2, 0.25) is 0 Å². The number of aromatic nitrogens is 2. The SMILES string of the molecule is C=CC/C=C(\C1=CCCNc2nccc(n2)C(/C=C\C)=C/CCOCCCCC[C@H](C)COC1)N(CC)CCCOC. The lowest BCUT2D eigenvalue weighted by molar-refractivity contribution is 0.115. The van der Waals surface area contributed by atoms with Crippen molar-refractivity contribution < 1.29 is 14.2 Å². The molecule has 0 aromatic carbocycles. The fourth-order valence-electron chi connectivity index (χ4n) is 4.94. The molecule has 2 heterocycles. The molecule has 0 amide bonds. The van der Waals surface area contributed by atoms with Crippen LogP contribution >= 0.6 is 0 Å². The summed E-state index contributed by atoms with van der Waals surface area (Å²) in [5.41, 5.74) is 4.45. The second-order valence-corrected chi connectivity index (χ2v) is 10.8. The third-order valence-corrected chi connectivity index (χ3v) is 7.19. The molecule has 1 aromatic heterocycles. The molecule has 0 saturated heterocycles. The average molecular weight is 581 g/mol. The molecule has 0 unspecified atom stereocenters. The highest BCUT2D eigenvalue weighted by molar-refractivity contribution is 5.71. The van der Waals surface area contributed by atoms with E-state index in [1.807, 2.05) is 31.3 Å². The predicted octanol–water partition coefficient (Wildman–Crippen LogP) is 7.62. The van der Waals surface area contributed by atoms with Crippen LogP contribution in [0.1, 0.15) is 77.8 Å². The number of anilines is 1. The molecule has 0 radical (unpaired) electrons. The number of allylic oxidation sites excluding steroid dienone is 5. The van der Waals surface area contributed by atoms with Crippen molar-refractivity contribution in [3.8, 4) is 0 Å². The molecule has 1 aromatic rings. The van der Waals surface area contributed by atoms with Crippen LogP contribution in [-0.2, 0) is 14.2 Å². The van der Waals surface area contributed by atoms with Crippen LogP contribution in [0.15, 0.2) is 66.6 Å². The standard InChI is InChI=1S/C35H56N4O3/c1-6-9-20-34(39(8-3)24-15-25-40-5)32-18-13-22-36-35-37-23-21-33(38-35)31(16-7-2)19-14-27-41-26-12-10-11-17-30(4)28-42-29-32/h6-7,16,18-21,23,30H,1,8-15,17,22,24-29H2,2-5H3,(H,36,37,38)/b16-7-,31-19+,32-18?,34-20+/t30-/m0/s1. The molecule has 7 heteroatoms. The van der Waals surface area contributed by atoms with E-state index in [0.717, 1.165) is 89.4 Å². The van der Waals surface area contributed by atoms with Crippen LogP contribution in [0, 0.1) is 5.92 Å². The van der Waals surface area contributed by atoms with Crippen molar-refractivity contribution in [1.82, 2.24) is 14.9 Å². The first-order valence-corrected chi connectivity index (χ1v) is 15.9. The highest BCUT2D eigenvalue weighted by Gasteiger charge is 2.14. The van der Waals surface area contributed by atoms with Gasteiger partial charge in [-0.25, -0.2) is 9.97 Å². The Morgan fingerprint density at radius 2 is 2.07 bits per heavy atom. The van der Waals surface area contributed by atoms with Crippen molar-refractivity contribution in [2.75, 3.05) is 65.1 Å². The summed E-state index contributed by atoms with van der Waals surface area (Å²) in [6.45, 7) is 16.7. The van der Waals surface area contributed by atoms with Crippen LogP contribution in [-0.4, -0.2) is 74.6 Å². The number of methoxy groups -OCH3 is 1. The van der Waals surface area contributed by atoms with E-state index in [2.05, 4.69) is 59.9 Å². The number of ether oxygens (including phenoxy) is 3. The Morgan fingerprint density at radius 1 is 1.19 bits per heavy atom. The molecule has 1 aliphatic rings. The van der Waals surface area contributed by atoms with E-state index < -0.39 is 0 Å². The Kier molecular flexibility index (Phi) is 19.3. The fourth-order valence-corrected chi connectivity index (χ4v) is 4.94. The molecule has 234 valence electrons. The van der Waals surface area contributed by atoms with Gasteiger partial charge in [-0.15, -0.1) is 6.58 Å². The zero-order chi connectivity index (χ0) is 30.3. The molecule has 0 spiro atoms. The molecule has 42 heavy (non-hydrogen) atoms. The molecule has 2 bridgehead atoms. The number of rotatable bonds is 10. The van der Waals surface area contributed by atoms with Crippen molar-refractivity contribution >= 4 is 11.5 Å². The summed E-state index contributed by atoms with van der Waals surface area (Å²) in [6, 6.07) is 1.96. The van der Waals surface area contributed by atoms with Crippen molar-refractivity contribution in [1.29, 1.82) is 0 Å². The van der Waals surface area contributed by atoms with E-state index in [-0.39, 0.29) is 0 Å². The maximum atomic E-state index is 6.35. The van der Waals surface area contributed by atoms with Gasteiger partial charge < -0.3 is 24.4 Å². The van der Waals surface area contributed by atoms with Gasteiger partial charge in [0.1, 0.15) is 0 Å². The molecule has 1 atom stereocenters. The van der Waals surface area contributed by atoms with Gasteiger partial charge in [0.05, 0.1) is 18.9 Å². The molecule has 0 fully saturated rings. The number of hydrogen-bond donors (Lipinski definition) is 1. The van der Waals surface area contributed by atoms with Gasteiger partial charge >= 0.3 is 0 Å². The topological polar surface area (TPSA) is 68.7 Å². The Hall–Kier alpha value is -2.74. The van der Waals surface area contributed by atoms with Gasteiger partial charge in [0.25, 0.3) is 0 Å². The summed E-state index contributed by atoms with van der Waals surface area (Å²) in [5.74, 6) is 1.16. The lowest BCUT2D eigenvalue weighted by Crippen LogP contribution is -2.27. The van der Waals surface area contributed by atoms with Gasteiger partial charge in [0.15, 0.2) is 0 Å². The average Bonchev–Trinajstić information content (AvgIpc) is 3.00. The predicted molar refractivity (Wildman–Crippen MR) is 177 cm³/mol. The summed E-state index contributed by atoms with van der Waals surface area (Å²) >= 11 is 0. The van der Waals surface area contributed by atoms with Gasteiger partial charge in [-0.2, -0.15) is 0 Å².